The van der Waals surface area contributed by atoms with E-state index in [1.807, 2.05) is 0 Å². The van der Waals surface area contributed by atoms with Gasteiger partial charge in [-0.05, 0) is 77.8 Å². The number of nitrogens with zero attached hydrogens (tertiary/aromatic N) is 2. The van der Waals surface area contributed by atoms with Gasteiger partial charge in [-0.2, -0.15) is 26.3 Å². The minimum Gasteiger partial charge on any atom is -0.466 e. The third-order valence-electron chi connectivity index (χ3n) is 4.42. The van der Waals surface area contributed by atoms with Gasteiger partial charge in [-0.3, -0.25) is 14.2 Å². The summed E-state index contributed by atoms with van der Waals surface area (Å²) in [4.78, 5) is 40.0. The fraction of sp³-hybridized carbons (Fsp3) is 0.423. The molecule has 0 aliphatic heterocycles. The predicted molar refractivity (Wildman–Crippen MR) is 157 cm³/mol. The zero-order valence-corrected chi connectivity index (χ0v) is 28.3. The Kier molecular flexibility index (Phi) is 19.3. The standard InChI is InChI=1S/C11H9BrF3NO2.C8H17O5P.C7H3BrF3NO/c1-2-18-10(17)5-8(11(13,14)15)7-3-4-9(12)16-6-7;1-4-11-8(9)7-14(10,12-5-2)13-6-3;8-5-2-1-4(3-12-5)6(13)7(9,10)11/h3-6H,2H2,1H3;4-7H2,1-3H3;1-3H/b8-5-;;. The quantitative estimate of drug-likeness (QED) is 0.0555. The highest BCUT2D eigenvalue weighted by Gasteiger charge is 2.39. The molecule has 19 heteroatoms. The van der Waals surface area contributed by atoms with E-state index >= 15 is 0 Å². The van der Waals surface area contributed by atoms with E-state index in [0.717, 1.165) is 18.5 Å². The molecule has 10 nitrogen and oxygen atoms in total. The lowest BCUT2D eigenvalue weighted by Gasteiger charge is -2.15. The van der Waals surface area contributed by atoms with Gasteiger partial charge in [0.25, 0.3) is 5.78 Å². The fourth-order valence-electron chi connectivity index (χ4n) is 2.73. The molecule has 252 valence electrons. The average Bonchev–Trinajstić information content (AvgIpc) is 2.92. The molecule has 0 atom stereocenters. The van der Waals surface area contributed by atoms with Crippen molar-refractivity contribution in [1.82, 2.24) is 9.97 Å². The highest BCUT2D eigenvalue weighted by molar-refractivity contribution is 9.10. The SMILES string of the molecule is CCOC(=O)/C=C(/c1ccc(Br)nc1)C(F)(F)F.CCOC(=O)CP(=O)(OCC)OCC.O=C(c1ccc(Br)nc1)C(F)(F)F. The number of allylic oxidation sites excluding steroid dienone is 1. The third kappa shape index (κ3) is 17.6. The van der Waals surface area contributed by atoms with Crippen LogP contribution in [0, 0.1) is 0 Å². The van der Waals surface area contributed by atoms with Gasteiger partial charge in [0.2, 0.25) is 0 Å². The lowest BCUT2D eigenvalue weighted by Crippen LogP contribution is -2.22. The number of esters is 2. The van der Waals surface area contributed by atoms with Crippen molar-refractivity contribution in [3.05, 3.63) is 63.1 Å². The van der Waals surface area contributed by atoms with Crippen LogP contribution in [-0.2, 0) is 32.7 Å². The molecule has 45 heavy (non-hydrogen) atoms. The second-order valence-corrected chi connectivity index (χ2v) is 11.5. The third-order valence-corrected chi connectivity index (χ3v) is 7.31. The van der Waals surface area contributed by atoms with Gasteiger partial charge in [0, 0.05) is 29.6 Å². The summed E-state index contributed by atoms with van der Waals surface area (Å²) in [7, 11) is -3.28. The molecule has 2 heterocycles. The van der Waals surface area contributed by atoms with E-state index in [0.29, 0.717) is 15.3 Å². The Morgan fingerprint density at radius 3 is 1.58 bits per heavy atom. The normalized spacial score (nSPS) is 11.8. The maximum atomic E-state index is 12.8. The molecular weight excluding hydrogens is 773 g/mol. The minimum absolute atomic E-state index is 0.0130. The van der Waals surface area contributed by atoms with E-state index in [4.69, 9.17) is 9.05 Å². The van der Waals surface area contributed by atoms with Crippen LogP contribution in [0.25, 0.3) is 5.57 Å². The molecule has 0 aliphatic carbocycles. The van der Waals surface area contributed by atoms with E-state index in [-0.39, 0.29) is 38.2 Å². The van der Waals surface area contributed by atoms with Crippen molar-refractivity contribution in [1.29, 1.82) is 0 Å². The summed E-state index contributed by atoms with van der Waals surface area (Å²) in [5.74, 6) is -3.47. The smallest absolute Gasteiger partial charge is 0.454 e. The molecule has 0 aliphatic rings. The van der Waals surface area contributed by atoms with Crippen molar-refractivity contribution >= 4 is 62.8 Å². The van der Waals surface area contributed by atoms with Crippen LogP contribution >= 0.6 is 39.5 Å². The number of aromatic nitrogens is 2. The first-order chi connectivity index (χ1) is 20.8. The maximum absolute atomic E-state index is 12.8. The molecule has 0 saturated heterocycles. The average molecular weight is 802 g/mol. The van der Waals surface area contributed by atoms with Gasteiger partial charge < -0.3 is 18.5 Å². The van der Waals surface area contributed by atoms with Gasteiger partial charge in [-0.15, -0.1) is 0 Å². The predicted octanol–water partition coefficient (Wildman–Crippen LogP) is 7.76. The molecule has 0 unspecified atom stereocenters. The first-order valence-corrected chi connectivity index (χ1v) is 16.0. The first-order valence-electron chi connectivity index (χ1n) is 12.7. The van der Waals surface area contributed by atoms with Gasteiger partial charge in [0.15, 0.2) is 0 Å². The topological polar surface area (TPSA) is 131 Å². The highest BCUT2D eigenvalue weighted by atomic mass is 79.9. The van der Waals surface area contributed by atoms with E-state index in [1.165, 1.54) is 25.1 Å². The summed E-state index contributed by atoms with van der Waals surface area (Å²) in [5, 5.41) is 0. The second-order valence-electron chi connectivity index (χ2n) is 7.78. The lowest BCUT2D eigenvalue weighted by molar-refractivity contribution is -0.140. The molecule has 0 radical (unpaired) electrons. The zero-order chi connectivity index (χ0) is 34.8. The largest absolute Gasteiger partial charge is 0.466 e. The number of rotatable bonds is 11. The van der Waals surface area contributed by atoms with Gasteiger partial charge in [0.1, 0.15) is 15.4 Å². The number of carbonyl (C=O) groups is 3. The molecule has 0 bridgehead atoms. The number of ketones is 1. The van der Waals surface area contributed by atoms with Gasteiger partial charge in [-0.25, -0.2) is 14.8 Å². The van der Waals surface area contributed by atoms with Crippen LogP contribution < -0.4 is 0 Å². The van der Waals surface area contributed by atoms with Crippen LogP contribution in [0.15, 0.2) is 51.9 Å². The molecule has 0 aromatic carbocycles. The second kappa shape index (κ2) is 20.5. The van der Waals surface area contributed by atoms with Crippen LogP contribution in [0.3, 0.4) is 0 Å². The van der Waals surface area contributed by atoms with Crippen LogP contribution in [0.1, 0.15) is 43.6 Å². The number of hydrogen-bond donors (Lipinski definition) is 0. The summed E-state index contributed by atoms with van der Waals surface area (Å²) in [6, 6.07) is 4.92. The lowest BCUT2D eigenvalue weighted by atomic mass is 10.1. The zero-order valence-electron chi connectivity index (χ0n) is 24.2. The van der Waals surface area contributed by atoms with E-state index in [1.54, 1.807) is 20.8 Å². The Morgan fingerprint density at radius 1 is 0.756 bits per heavy atom. The molecule has 0 spiro atoms. The minimum atomic E-state index is -4.84. The number of Topliss-reactive ketones (excluding diaryl/α,β-unsaturated/α-hetero) is 1. The molecule has 2 aromatic rings. The summed E-state index contributed by atoms with van der Waals surface area (Å²) in [6.45, 7) is 7.35. The number of hydrogen-bond acceptors (Lipinski definition) is 10. The van der Waals surface area contributed by atoms with Gasteiger partial charge >= 0.3 is 31.9 Å². The van der Waals surface area contributed by atoms with Gasteiger partial charge in [-0.1, -0.05) is 6.07 Å². The number of halogens is 8. The highest BCUT2D eigenvalue weighted by Crippen LogP contribution is 2.47. The Hall–Kier alpha value is -2.66. The Balaban J connectivity index is 0.000000657. The fourth-order valence-corrected chi connectivity index (χ4v) is 4.65. The summed E-state index contributed by atoms with van der Waals surface area (Å²) in [6.07, 6.45) is -7.47. The Labute approximate surface area is 271 Å². The number of ether oxygens (including phenoxy) is 2. The summed E-state index contributed by atoms with van der Waals surface area (Å²) >= 11 is 5.96. The molecule has 2 rings (SSSR count). The molecule has 0 saturated carbocycles. The Bertz CT molecular complexity index is 1300. The van der Waals surface area contributed by atoms with Crippen LogP contribution in [0.5, 0.6) is 0 Å². The monoisotopic (exact) mass is 800 g/mol. The maximum Gasteiger partial charge on any atom is 0.454 e. The molecule has 2 aromatic heterocycles. The van der Waals surface area contributed by atoms with Crippen molar-refractivity contribution in [3.8, 4) is 0 Å². The summed E-state index contributed by atoms with van der Waals surface area (Å²) < 4.78 is 105. The first kappa shape index (κ1) is 42.3. The number of carbonyl (C=O) groups excluding carboxylic acids is 3. The van der Waals surface area contributed by atoms with Gasteiger partial charge in [0.05, 0.1) is 32.0 Å². The van der Waals surface area contributed by atoms with Crippen molar-refractivity contribution in [2.45, 2.75) is 40.0 Å². The van der Waals surface area contributed by atoms with Crippen molar-refractivity contribution < 1.29 is 63.8 Å². The van der Waals surface area contributed by atoms with Crippen LogP contribution in [0.4, 0.5) is 26.3 Å². The molecular formula is C26H29Br2F6N2O8P. The van der Waals surface area contributed by atoms with E-state index in [2.05, 4.69) is 51.3 Å². The van der Waals surface area contributed by atoms with E-state index < -0.39 is 48.8 Å². The van der Waals surface area contributed by atoms with E-state index in [9.17, 15) is 45.3 Å². The Morgan fingerprint density at radius 2 is 1.22 bits per heavy atom. The number of alkyl halides is 6. The molecule has 0 fully saturated rings. The molecule has 0 N–H and O–H groups in total. The van der Waals surface area contributed by atoms with Crippen LogP contribution in [-0.4, -0.2) is 72.6 Å². The van der Waals surface area contributed by atoms with Crippen LogP contribution in [0.2, 0.25) is 0 Å². The molecule has 0 amide bonds. The van der Waals surface area contributed by atoms with Crippen molar-refractivity contribution in [2.24, 2.45) is 0 Å². The number of pyridine rings is 2. The van der Waals surface area contributed by atoms with Crippen molar-refractivity contribution in [2.75, 3.05) is 32.6 Å². The van der Waals surface area contributed by atoms with Crippen molar-refractivity contribution in [3.63, 3.8) is 0 Å². The summed E-state index contributed by atoms with van der Waals surface area (Å²) in [5.41, 5.74) is -1.74.